The molecule has 1 aromatic heterocycles. The number of pyridine rings is 1. The Bertz CT molecular complexity index is 1340. The van der Waals surface area contributed by atoms with Crippen molar-refractivity contribution in [1.82, 2.24) is 0 Å². The fraction of sp³-hybridized carbons (Fsp3) is 0.207. The second-order valence-corrected chi connectivity index (χ2v) is 9.80. The summed E-state index contributed by atoms with van der Waals surface area (Å²) >= 11 is 0. The van der Waals surface area contributed by atoms with Crippen molar-refractivity contribution in [3.05, 3.63) is 107 Å². The van der Waals surface area contributed by atoms with E-state index in [0.717, 1.165) is 19.4 Å². The summed E-state index contributed by atoms with van der Waals surface area (Å²) in [6.07, 6.45) is 8.28. The summed E-state index contributed by atoms with van der Waals surface area (Å²) in [5, 5.41) is 1.37. The molecular weight excluding hydrogens is 476 g/mol. The maximum atomic E-state index is 8.49. The molecule has 0 spiro atoms. The number of anilines is 1. The second-order valence-electron chi connectivity index (χ2n) is 9.05. The summed E-state index contributed by atoms with van der Waals surface area (Å²) < 4.78 is 36.4. The number of aryl methyl sites for hydroxylation is 1. The molecule has 3 aromatic carbocycles. The van der Waals surface area contributed by atoms with E-state index in [9.17, 15) is 0 Å². The van der Waals surface area contributed by atoms with E-state index in [1.807, 2.05) is 0 Å². The quantitative estimate of drug-likeness (QED) is 0.391. The zero-order valence-electron chi connectivity index (χ0n) is 20.4. The van der Waals surface area contributed by atoms with Crippen molar-refractivity contribution in [1.29, 1.82) is 0 Å². The predicted octanol–water partition coefficient (Wildman–Crippen LogP) is 1.36. The first-order chi connectivity index (χ1) is 17.2. The first-order valence-electron chi connectivity index (χ1n) is 11.8. The molecule has 36 heavy (non-hydrogen) atoms. The first kappa shape index (κ1) is 25.8. The van der Waals surface area contributed by atoms with Crippen LogP contribution in [0.2, 0.25) is 0 Å². The summed E-state index contributed by atoms with van der Waals surface area (Å²) in [5.41, 5.74) is 9.53. The third-order valence-corrected chi connectivity index (χ3v) is 6.28. The van der Waals surface area contributed by atoms with Crippen molar-refractivity contribution in [2.24, 2.45) is 0 Å². The zero-order chi connectivity index (χ0) is 25.7. The van der Waals surface area contributed by atoms with Gasteiger partial charge >= 0.3 is 0 Å². The fourth-order valence-corrected chi connectivity index (χ4v) is 4.72. The molecule has 0 fully saturated rings. The Morgan fingerprint density at radius 2 is 1.47 bits per heavy atom. The van der Waals surface area contributed by atoms with Crippen molar-refractivity contribution in [2.75, 3.05) is 19.0 Å². The van der Waals surface area contributed by atoms with Crippen molar-refractivity contribution < 1.29 is 33.4 Å². The fourth-order valence-electron chi connectivity index (χ4n) is 4.72. The van der Waals surface area contributed by atoms with E-state index in [-0.39, 0.29) is 0 Å². The van der Waals surface area contributed by atoms with Gasteiger partial charge in [0.2, 0.25) is 5.52 Å². The Kier molecular flexibility index (Phi) is 8.04. The molecule has 0 amide bonds. The molecule has 0 radical (unpaired) electrons. The number of nitrogens with zero attached hydrogens (tertiary/aromatic N) is 2. The molecule has 6 nitrogen and oxygen atoms in total. The summed E-state index contributed by atoms with van der Waals surface area (Å²) in [5.74, 6) is 0. The van der Waals surface area contributed by atoms with Gasteiger partial charge in [0.1, 0.15) is 0 Å². The molecule has 0 N–H and O–H groups in total. The third-order valence-electron chi connectivity index (χ3n) is 6.28. The van der Waals surface area contributed by atoms with Crippen LogP contribution in [0.5, 0.6) is 0 Å². The smallest absolute Gasteiger partial charge is 0.213 e. The van der Waals surface area contributed by atoms with Gasteiger partial charge in [0, 0.05) is 42.5 Å². The van der Waals surface area contributed by atoms with Crippen LogP contribution in [-0.4, -0.2) is 14.1 Å². The Balaban J connectivity index is 0.000000556. The molecule has 1 aliphatic rings. The average molecular weight is 505 g/mol. The number of aromatic nitrogens is 1. The summed E-state index contributed by atoms with van der Waals surface area (Å²) in [7, 11) is -0.774. The number of hydrogen-bond acceptors (Lipinski definition) is 5. The largest absolute Gasteiger partial charge is 0.378 e. The molecule has 0 atom stereocenters. The SMILES string of the molecule is CN(C)c1ccc(/C=C2/CCCc3c[n+](Cc4ccccc4)c4ccccc4c32)cc1.[O-][Cl+3]([O-])([O-])[O-]. The molecule has 5 rings (SSSR count). The minimum atomic E-state index is -4.94. The Labute approximate surface area is 213 Å². The number of hydrogen-bond donors (Lipinski definition) is 0. The molecule has 4 aromatic rings. The molecule has 1 aliphatic carbocycles. The highest BCUT2D eigenvalue weighted by atomic mass is 35.7. The number of para-hydroxylation sites is 1. The molecule has 7 heteroatoms. The van der Waals surface area contributed by atoms with E-state index in [4.69, 9.17) is 18.6 Å². The van der Waals surface area contributed by atoms with Crippen LogP contribution in [0.4, 0.5) is 5.69 Å². The van der Waals surface area contributed by atoms with Crippen molar-refractivity contribution in [3.8, 4) is 0 Å². The molecule has 0 saturated heterocycles. The van der Waals surface area contributed by atoms with E-state index in [0.29, 0.717) is 0 Å². The second kappa shape index (κ2) is 11.2. The lowest BCUT2D eigenvalue weighted by molar-refractivity contribution is -2.00. The predicted molar refractivity (Wildman–Crippen MR) is 131 cm³/mol. The van der Waals surface area contributed by atoms with Crippen LogP contribution in [0.3, 0.4) is 0 Å². The van der Waals surface area contributed by atoms with Crippen molar-refractivity contribution >= 4 is 28.2 Å². The van der Waals surface area contributed by atoms with Crippen LogP contribution in [0, 0.1) is 10.2 Å². The van der Waals surface area contributed by atoms with Crippen LogP contribution in [0.15, 0.2) is 85.1 Å². The zero-order valence-corrected chi connectivity index (χ0v) is 21.1. The van der Waals surface area contributed by atoms with Crippen molar-refractivity contribution in [2.45, 2.75) is 25.8 Å². The maximum Gasteiger partial charge on any atom is 0.213 e. The van der Waals surface area contributed by atoms with Crippen LogP contribution in [0.25, 0.3) is 22.6 Å². The normalized spacial score (nSPS) is 14.2. The first-order valence-corrected chi connectivity index (χ1v) is 13.0. The average Bonchev–Trinajstić information content (AvgIpc) is 2.84. The highest BCUT2D eigenvalue weighted by Gasteiger charge is 2.23. The number of allylic oxidation sites excluding steroid dienone is 1. The van der Waals surface area contributed by atoms with Gasteiger partial charge in [-0.1, -0.05) is 60.7 Å². The van der Waals surface area contributed by atoms with E-state index < -0.39 is 10.2 Å². The van der Waals surface area contributed by atoms with Gasteiger partial charge in [-0.2, -0.15) is 4.57 Å². The topological polar surface area (TPSA) is 99.4 Å². The van der Waals surface area contributed by atoms with Crippen molar-refractivity contribution in [3.63, 3.8) is 0 Å². The number of rotatable bonds is 4. The highest BCUT2D eigenvalue weighted by molar-refractivity contribution is 5.96. The van der Waals surface area contributed by atoms with E-state index >= 15 is 0 Å². The van der Waals surface area contributed by atoms with Gasteiger partial charge in [-0.15, -0.1) is 10.2 Å². The lowest BCUT2D eigenvalue weighted by Gasteiger charge is -2.20. The third kappa shape index (κ3) is 6.69. The Morgan fingerprint density at radius 3 is 2.14 bits per heavy atom. The van der Waals surface area contributed by atoms with Crippen LogP contribution >= 0.6 is 0 Å². The minimum absolute atomic E-state index is 0.902. The summed E-state index contributed by atoms with van der Waals surface area (Å²) in [4.78, 5) is 2.14. The lowest BCUT2D eigenvalue weighted by Crippen LogP contribution is -2.68. The summed E-state index contributed by atoms with van der Waals surface area (Å²) in [6.45, 7) is 0.902. The van der Waals surface area contributed by atoms with E-state index in [1.165, 1.54) is 50.8 Å². The van der Waals surface area contributed by atoms with Gasteiger partial charge in [0.25, 0.3) is 0 Å². The molecular formula is C29H29ClN2O4. The highest BCUT2D eigenvalue weighted by Crippen LogP contribution is 2.36. The molecule has 0 saturated carbocycles. The number of fused-ring (bicyclic) bond motifs is 3. The number of benzene rings is 3. The number of halogens is 1. The maximum absolute atomic E-state index is 8.49. The molecule has 0 bridgehead atoms. The van der Waals surface area contributed by atoms with Crippen LogP contribution in [0.1, 0.15) is 35.1 Å². The van der Waals surface area contributed by atoms with Gasteiger partial charge < -0.3 is 4.90 Å². The summed E-state index contributed by atoms with van der Waals surface area (Å²) in [6, 6.07) is 28.5. The van der Waals surface area contributed by atoms with Gasteiger partial charge in [-0.05, 0) is 48.6 Å². The van der Waals surface area contributed by atoms with Gasteiger partial charge in [-0.3, -0.25) is 0 Å². The molecule has 1 heterocycles. The standard InChI is InChI=1S/C29H29N2.ClHO4/c1-30(2)26-17-15-22(16-18-26)19-24-11-8-12-25-21-31(20-23-9-4-3-5-10-23)28-14-7-6-13-27(28)29(24)25;2-1(3,4)5/h3-7,9-10,13-19,21H,8,11-12,20H2,1-2H3;(H,2,3,4,5)/q+1;/p-1. The van der Waals surface area contributed by atoms with Crippen LogP contribution < -0.4 is 28.1 Å². The lowest BCUT2D eigenvalue weighted by atomic mass is 9.84. The molecule has 0 aliphatic heterocycles. The van der Waals surface area contributed by atoms with E-state index in [2.05, 4.69) is 115 Å². The van der Waals surface area contributed by atoms with Gasteiger partial charge in [0.15, 0.2) is 12.7 Å². The van der Waals surface area contributed by atoms with Gasteiger partial charge in [0.05, 0.1) is 5.39 Å². The minimum Gasteiger partial charge on any atom is -0.378 e. The molecule has 0 unspecified atom stereocenters. The van der Waals surface area contributed by atoms with Crippen LogP contribution in [-0.2, 0) is 13.0 Å². The Morgan fingerprint density at radius 1 is 0.833 bits per heavy atom. The Hall–Kier alpha value is -3.26. The monoisotopic (exact) mass is 504 g/mol. The van der Waals surface area contributed by atoms with E-state index in [1.54, 1.807) is 0 Å². The molecule has 186 valence electrons. The van der Waals surface area contributed by atoms with Gasteiger partial charge in [-0.25, -0.2) is 18.6 Å².